The number of hydrogen-bond acceptors (Lipinski definition) is 4. The van der Waals surface area contributed by atoms with E-state index < -0.39 is 0 Å². The van der Waals surface area contributed by atoms with Crippen molar-refractivity contribution in [2.24, 2.45) is 13.0 Å². The highest BCUT2D eigenvalue weighted by Crippen LogP contribution is 2.16. The van der Waals surface area contributed by atoms with Crippen LogP contribution < -0.4 is 5.56 Å². The van der Waals surface area contributed by atoms with Crippen LogP contribution in [0.4, 0.5) is 0 Å². The van der Waals surface area contributed by atoms with Gasteiger partial charge < -0.3 is 4.98 Å². The largest absolute Gasteiger partial charge is 0.309 e. The van der Waals surface area contributed by atoms with Crippen LogP contribution in [0.2, 0.25) is 0 Å². The van der Waals surface area contributed by atoms with E-state index in [9.17, 15) is 4.79 Å². The first-order valence-electron chi connectivity index (χ1n) is 6.77. The van der Waals surface area contributed by atoms with E-state index in [1.54, 1.807) is 10.9 Å². The number of nitrogens with one attached hydrogen (secondary N) is 1. The maximum Gasteiger partial charge on any atom is 0.262 e. The molecule has 0 amide bonds. The van der Waals surface area contributed by atoms with Crippen LogP contribution in [0.15, 0.2) is 11.0 Å². The Labute approximate surface area is 111 Å². The van der Waals surface area contributed by atoms with E-state index in [0.29, 0.717) is 17.6 Å². The second-order valence-electron chi connectivity index (χ2n) is 5.50. The third-order valence-corrected chi connectivity index (χ3v) is 3.77. The summed E-state index contributed by atoms with van der Waals surface area (Å²) in [5.41, 5.74) is 0.557. The summed E-state index contributed by atoms with van der Waals surface area (Å²) < 4.78 is 1.65. The van der Waals surface area contributed by atoms with E-state index in [-0.39, 0.29) is 5.56 Å². The summed E-state index contributed by atoms with van der Waals surface area (Å²) >= 11 is 0. The molecule has 0 unspecified atom stereocenters. The van der Waals surface area contributed by atoms with Gasteiger partial charge in [-0.25, -0.2) is 4.98 Å². The second kappa shape index (κ2) is 4.77. The molecule has 19 heavy (non-hydrogen) atoms. The standard InChI is InChI=1S/C13H19N5O/c1-9-4-3-5-18(7-9)8-11-15-12-10(13(19)16-11)6-14-17(12)2/h6,9H,3-5,7-8H2,1-2H3,(H,15,16,19)/t9-/m0/s1. The Kier molecular flexibility index (Phi) is 3.10. The van der Waals surface area contributed by atoms with Crippen LogP contribution in [-0.4, -0.2) is 37.7 Å². The van der Waals surface area contributed by atoms with E-state index in [2.05, 4.69) is 26.9 Å². The summed E-state index contributed by atoms with van der Waals surface area (Å²) in [4.78, 5) is 21.7. The molecule has 2 aromatic rings. The number of rotatable bonds is 2. The van der Waals surface area contributed by atoms with Crippen molar-refractivity contribution in [3.8, 4) is 0 Å². The number of likely N-dealkylation sites (tertiary alicyclic amines) is 1. The number of H-pyrrole nitrogens is 1. The first-order valence-corrected chi connectivity index (χ1v) is 6.77. The van der Waals surface area contributed by atoms with Crippen molar-refractivity contribution < 1.29 is 0 Å². The predicted octanol–water partition coefficient (Wildman–Crippen LogP) is 0.888. The van der Waals surface area contributed by atoms with Crippen LogP contribution in [0.3, 0.4) is 0 Å². The maximum atomic E-state index is 12.0. The number of hydrogen-bond donors (Lipinski definition) is 1. The van der Waals surface area contributed by atoms with E-state index in [1.807, 2.05) is 7.05 Å². The van der Waals surface area contributed by atoms with Crippen molar-refractivity contribution in [1.29, 1.82) is 0 Å². The molecule has 1 aliphatic heterocycles. The fraction of sp³-hybridized carbons (Fsp3) is 0.615. The van der Waals surface area contributed by atoms with Gasteiger partial charge in [0.25, 0.3) is 5.56 Å². The zero-order valence-electron chi connectivity index (χ0n) is 11.4. The molecule has 102 valence electrons. The number of aromatic amines is 1. The molecule has 0 spiro atoms. The molecule has 6 heteroatoms. The molecule has 0 bridgehead atoms. The molecule has 1 N–H and O–H groups in total. The zero-order valence-corrected chi connectivity index (χ0v) is 11.4. The van der Waals surface area contributed by atoms with E-state index >= 15 is 0 Å². The van der Waals surface area contributed by atoms with Gasteiger partial charge in [0.2, 0.25) is 0 Å². The quantitative estimate of drug-likeness (QED) is 0.871. The summed E-state index contributed by atoms with van der Waals surface area (Å²) in [6.45, 7) is 5.14. The maximum absolute atomic E-state index is 12.0. The molecule has 2 aromatic heterocycles. The summed E-state index contributed by atoms with van der Waals surface area (Å²) in [5.74, 6) is 1.45. The summed E-state index contributed by atoms with van der Waals surface area (Å²) in [5, 5.41) is 4.63. The fourth-order valence-electron chi connectivity index (χ4n) is 2.80. The van der Waals surface area contributed by atoms with Gasteiger partial charge in [-0.1, -0.05) is 6.92 Å². The minimum Gasteiger partial charge on any atom is -0.309 e. The lowest BCUT2D eigenvalue weighted by molar-refractivity contribution is 0.173. The van der Waals surface area contributed by atoms with Crippen LogP contribution in [0.5, 0.6) is 0 Å². The monoisotopic (exact) mass is 261 g/mol. The van der Waals surface area contributed by atoms with E-state index in [4.69, 9.17) is 0 Å². The molecule has 6 nitrogen and oxygen atoms in total. The Hall–Kier alpha value is -1.69. The minimum absolute atomic E-state index is 0.0989. The fourth-order valence-corrected chi connectivity index (χ4v) is 2.80. The number of aryl methyl sites for hydroxylation is 1. The van der Waals surface area contributed by atoms with Crippen molar-refractivity contribution in [3.05, 3.63) is 22.4 Å². The molecule has 0 aromatic carbocycles. The first-order chi connectivity index (χ1) is 9.13. The molecular weight excluding hydrogens is 242 g/mol. The molecule has 3 heterocycles. The van der Waals surface area contributed by atoms with Gasteiger partial charge in [0.1, 0.15) is 11.2 Å². The lowest BCUT2D eigenvalue weighted by Crippen LogP contribution is -2.34. The normalized spacial score (nSPS) is 21.1. The molecular formula is C13H19N5O. The first kappa shape index (κ1) is 12.3. The van der Waals surface area contributed by atoms with Gasteiger partial charge in [-0.2, -0.15) is 5.10 Å². The molecule has 1 aliphatic rings. The Balaban J connectivity index is 1.88. The average molecular weight is 261 g/mol. The number of nitrogens with zero attached hydrogens (tertiary/aromatic N) is 4. The second-order valence-corrected chi connectivity index (χ2v) is 5.50. The zero-order chi connectivity index (χ0) is 13.4. The van der Waals surface area contributed by atoms with Gasteiger partial charge in [-0.05, 0) is 25.3 Å². The number of piperidine rings is 1. The number of fused-ring (bicyclic) bond motifs is 1. The Morgan fingerprint density at radius 2 is 2.37 bits per heavy atom. The van der Waals surface area contributed by atoms with Crippen LogP contribution in [0.25, 0.3) is 11.0 Å². The SMILES string of the molecule is C[C@H]1CCCN(Cc2nc3c(cnn3C)c(=O)[nH]2)C1. The minimum atomic E-state index is -0.0989. The third-order valence-electron chi connectivity index (χ3n) is 3.77. The van der Waals surface area contributed by atoms with Gasteiger partial charge >= 0.3 is 0 Å². The van der Waals surface area contributed by atoms with Crippen LogP contribution in [0.1, 0.15) is 25.6 Å². The highest BCUT2D eigenvalue weighted by molar-refractivity contribution is 5.72. The Morgan fingerprint density at radius 1 is 1.53 bits per heavy atom. The molecule has 0 saturated carbocycles. The van der Waals surface area contributed by atoms with Crippen LogP contribution in [-0.2, 0) is 13.6 Å². The van der Waals surface area contributed by atoms with Crippen molar-refractivity contribution in [2.75, 3.05) is 13.1 Å². The third kappa shape index (κ3) is 2.40. The van der Waals surface area contributed by atoms with E-state index in [1.165, 1.54) is 12.8 Å². The lowest BCUT2D eigenvalue weighted by Gasteiger charge is -2.30. The molecule has 0 aliphatic carbocycles. The van der Waals surface area contributed by atoms with Crippen molar-refractivity contribution in [2.45, 2.75) is 26.3 Å². The van der Waals surface area contributed by atoms with Crippen molar-refractivity contribution in [1.82, 2.24) is 24.6 Å². The van der Waals surface area contributed by atoms with Gasteiger partial charge in [-0.15, -0.1) is 0 Å². The van der Waals surface area contributed by atoms with Crippen LogP contribution in [0, 0.1) is 5.92 Å². The van der Waals surface area contributed by atoms with Gasteiger partial charge in [0.15, 0.2) is 5.65 Å². The molecule has 1 fully saturated rings. The van der Waals surface area contributed by atoms with Gasteiger partial charge in [-0.3, -0.25) is 14.4 Å². The average Bonchev–Trinajstić information content (AvgIpc) is 2.72. The molecule has 3 rings (SSSR count). The van der Waals surface area contributed by atoms with Crippen molar-refractivity contribution in [3.63, 3.8) is 0 Å². The van der Waals surface area contributed by atoms with Gasteiger partial charge in [0, 0.05) is 13.6 Å². The highest BCUT2D eigenvalue weighted by atomic mass is 16.1. The smallest absolute Gasteiger partial charge is 0.262 e. The van der Waals surface area contributed by atoms with Crippen LogP contribution >= 0.6 is 0 Å². The summed E-state index contributed by atoms with van der Waals surface area (Å²) in [7, 11) is 1.81. The molecule has 1 atom stereocenters. The highest BCUT2D eigenvalue weighted by Gasteiger charge is 2.17. The Morgan fingerprint density at radius 3 is 3.16 bits per heavy atom. The summed E-state index contributed by atoms with van der Waals surface area (Å²) in [6, 6.07) is 0. The lowest BCUT2D eigenvalue weighted by atomic mass is 10.0. The predicted molar refractivity (Wildman–Crippen MR) is 72.8 cm³/mol. The summed E-state index contributed by atoms with van der Waals surface area (Å²) in [6.07, 6.45) is 4.08. The number of aromatic nitrogens is 4. The topological polar surface area (TPSA) is 66.8 Å². The van der Waals surface area contributed by atoms with Crippen molar-refractivity contribution >= 4 is 11.0 Å². The molecule has 0 radical (unpaired) electrons. The van der Waals surface area contributed by atoms with Gasteiger partial charge in [0.05, 0.1) is 12.7 Å². The van der Waals surface area contributed by atoms with E-state index in [0.717, 1.165) is 24.8 Å². The molecule has 1 saturated heterocycles. The Bertz CT molecular complexity index is 644.